The highest BCUT2D eigenvalue weighted by molar-refractivity contribution is 7.94. The Bertz CT molecular complexity index is 830. The summed E-state index contributed by atoms with van der Waals surface area (Å²) in [7, 11) is -6.38. The number of sulfonamides is 2. The Balaban J connectivity index is 2.59. The van der Waals surface area contributed by atoms with Gasteiger partial charge in [-0.05, 0) is 32.0 Å². The molecule has 0 atom stereocenters. The summed E-state index contributed by atoms with van der Waals surface area (Å²) in [6.07, 6.45) is -0.124. The van der Waals surface area contributed by atoms with Gasteiger partial charge in [-0.15, -0.1) is 0 Å². The van der Waals surface area contributed by atoms with Crippen LogP contribution in [-0.2, 0) is 24.8 Å². The SMILES string of the molecule is COc1ccc(N2C(=O)CCS2(=O)=O)cc1S(=O)(=O)NC(C)C. The Hall–Kier alpha value is -1.65. The number of carbonyl (C=O) groups excluding carboxylic acids is 1. The topological polar surface area (TPSA) is 110 Å². The maximum atomic E-state index is 12.4. The van der Waals surface area contributed by atoms with Crippen LogP contribution >= 0.6 is 0 Å². The zero-order chi connectivity index (χ0) is 17.4. The molecule has 0 unspecified atom stereocenters. The molecular weight excluding hydrogens is 344 g/mol. The van der Waals surface area contributed by atoms with Crippen LogP contribution in [-0.4, -0.2) is 41.6 Å². The molecule has 1 aliphatic heterocycles. The van der Waals surface area contributed by atoms with Crippen LogP contribution in [0.15, 0.2) is 23.1 Å². The highest BCUT2D eigenvalue weighted by atomic mass is 32.2. The summed E-state index contributed by atoms with van der Waals surface area (Å²) in [5.41, 5.74) is -0.0163. The van der Waals surface area contributed by atoms with E-state index >= 15 is 0 Å². The fraction of sp³-hybridized carbons (Fsp3) is 0.462. The largest absolute Gasteiger partial charge is 0.495 e. The van der Waals surface area contributed by atoms with Crippen molar-refractivity contribution in [2.75, 3.05) is 17.2 Å². The number of rotatable bonds is 5. The normalized spacial score (nSPS) is 17.7. The Kier molecular flexibility index (Phi) is 4.69. The van der Waals surface area contributed by atoms with Crippen molar-refractivity contribution in [1.29, 1.82) is 0 Å². The van der Waals surface area contributed by atoms with E-state index in [9.17, 15) is 21.6 Å². The first-order valence-corrected chi connectivity index (χ1v) is 9.94. The smallest absolute Gasteiger partial charge is 0.244 e. The number of hydrogen-bond acceptors (Lipinski definition) is 6. The van der Waals surface area contributed by atoms with Crippen molar-refractivity contribution in [1.82, 2.24) is 4.72 Å². The first-order valence-electron chi connectivity index (χ1n) is 6.84. The molecule has 0 radical (unpaired) electrons. The van der Waals surface area contributed by atoms with E-state index in [2.05, 4.69) is 4.72 Å². The fourth-order valence-corrected chi connectivity index (χ4v) is 5.14. The molecule has 0 spiro atoms. The van der Waals surface area contributed by atoms with Gasteiger partial charge >= 0.3 is 0 Å². The molecule has 1 N–H and O–H groups in total. The molecule has 1 fully saturated rings. The Labute approximate surface area is 135 Å². The highest BCUT2D eigenvalue weighted by Crippen LogP contribution is 2.32. The second kappa shape index (κ2) is 6.10. The Morgan fingerprint density at radius 1 is 1.30 bits per heavy atom. The van der Waals surface area contributed by atoms with Gasteiger partial charge in [0, 0.05) is 12.5 Å². The summed E-state index contributed by atoms with van der Waals surface area (Å²) in [5, 5.41) is 0. The summed E-state index contributed by atoms with van der Waals surface area (Å²) < 4.78 is 56.8. The van der Waals surface area contributed by atoms with Crippen LogP contribution in [0.4, 0.5) is 5.69 Å². The van der Waals surface area contributed by atoms with Gasteiger partial charge in [-0.3, -0.25) is 4.79 Å². The summed E-state index contributed by atoms with van der Waals surface area (Å²) in [5.74, 6) is -0.814. The summed E-state index contributed by atoms with van der Waals surface area (Å²) in [4.78, 5) is 11.6. The molecule has 128 valence electrons. The number of nitrogens with zero attached hydrogens (tertiary/aromatic N) is 1. The van der Waals surface area contributed by atoms with E-state index in [1.807, 2.05) is 0 Å². The first kappa shape index (κ1) is 17.7. The predicted octanol–water partition coefficient (Wildman–Crippen LogP) is 0.448. The molecule has 1 aromatic rings. The molecule has 0 aliphatic carbocycles. The number of hydrogen-bond donors (Lipinski definition) is 1. The zero-order valence-corrected chi connectivity index (χ0v) is 14.6. The molecule has 0 aromatic heterocycles. The zero-order valence-electron chi connectivity index (χ0n) is 12.9. The highest BCUT2D eigenvalue weighted by Gasteiger charge is 2.37. The van der Waals surface area contributed by atoms with E-state index in [1.165, 1.54) is 19.2 Å². The number of methoxy groups -OCH3 is 1. The van der Waals surface area contributed by atoms with Crippen molar-refractivity contribution in [3.05, 3.63) is 18.2 Å². The van der Waals surface area contributed by atoms with Gasteiger partial charge in [0.1, 0.15) is 10.6 Å². The van der Waals surface area contributed by atoms with E-state index in [1.54, 1.807) is 13.8 Å². The van der Waals surface area contributed by atoms with Crippen molar-refractivity contribution in [2.45, 2.75) is 31.2 Å². The fourth-order valence-electron chi connectivity index (χ4n) is 2.24. The van der Waals surface area contributed by atoms with Crippen LogP contribution < -0.4 is 13.8 Å². The molecule has 23 heavy (non-hydrogen) atoms. The number of carbonyl (C=O) groups is 1. The molecule has 2 rings (SSSR count). The molecule has 1 saturated heterocycles. The van der Waals surface area contributed by atoms with Gasteiger partial charge in [0.25, 0.3) is 0 Å². The Morgan fingerprint density at radius 2 is 1.96 bits per heavy atom. The van der Waals surface area contributed by atoms with E-state index in [0.717, 1.165) is 6.07 Å². The van der Waals surface area contributed by atoms with Crippen LogP contribution in [0.1, 0.15) is 20.3 Å². The summed E-state index contributed by atoms with van der Waals surface area (Å²) in [6, 6.07) is 3.44. The summed E-state index contributed by atoms with van der Waals surface area (Å²) >= 11 is 0. The third-order valence-corrected chi connectivity index (χ3v) is 6.51. The van der Waals surface area contributed by atoms with Gasteiger partial charge in [-0.25, -0.2) is 25.9 Å². The van der Waals surface area contributed by atoms with E-state index < -0.39 is 26.0 Å². The van der Waals surface area contributed by atoms with Gasteiger partial charge in [-0.1, -0.05) is 0 Å². The average Bonchev–Trinajstić information content (AvgIpc) is 2.70. The number of anilines is 1. The summed E-state index contributed by atoms with van der Waals surface area (Å²) in [6.45, 7) is 3.31. The van der Waals surface area contributed by atoms with Gasteiger partial charge in [-0.2, -0.15) is 0 Å². The third-order valence-electron chi connectivity index (χ3n) is 3.14. The van der Waals surface area contributed by atoms with Gasteiger partial charge in [0.2, 0.25) is 26.0 Å². The van der Waals surface area contributed by atoms with Crippen molar-refractivity contribution in [3.8, 4) is 5.75 Å². The molecule has 0 bridgehead atoms. The second-order valence-corrected chi connectivity index (χ2v) is 8.95. The molecule has 1 amide bonds. The molecular formula is C13H18N2O6S2. The molecule has 8 nitrogen and oxygen atoms in total. The van der Waals surface area contributed by atoms with E-state index in [-0.39, 0.29) is 34.5 Å². The van der Waals surface area contributed by atoms with Crippen molar-refractivity contribution >= 4 is 31.6 Å². The molecule has 0 saturated carbocycles. The number of amides is 1. The van der Waals surface area contributed by atoms with Gasteiger partial charge in [0.05, 0.1) is 18.6 Å². The lowest BCUT2D eigenvalue weighted by molar-refractivity contribution is -0.116. The van der Waals surface area contributed by atoms with Crippen LogP contribution in [0.5, 0.6) is 5.75 Å². The molecule has 1 heterocycles. The average molecular weight is 362 g/mol. The first-order chi connectivity index (χ1) is 10.6. The van der Waals surface area contributed by atoms with Crippen LogP contribution in [0.2, 0.25) is 0 Å². The van der Waals surface area contributed by atoms with Crippen LogP contribution in [0.25, 0.3) is 0 Å². The quantitative estimate of drug-likeness (QED) is 0.814. The van der Waals surface area contributed by atoms with Gasteiger partial charge in [0.15, 0.2) is 0 Å². The maximum absolute atomic E-state index is 12.4. The second-order valence-electron chi connectivity index (χ2n) is 5.34. The lowest BCUT2D eigenvalue weighted by Crippen LogP contribution is -2.32. The third kappa shape index (κ3) is 3.48. The van der Waals surface area contributed by atoms with Crippen molar-refractivity contribution in [2.24, 2.45) is 0 Å². The molecule has 10 heteroatoms. The number of nitrogens with one attached hydrogen (secondary N) is 1. The van der Waals surface area contributed by atoms with E-state index in [4.69, 9.17) is 4.74 Å². The molecule has 1 aromatic carbocycles. The number of ether oxygens (including phenoxy) is 1. The lowest BCUT2D eigenvalue weighted by Gasteiger charge is -2.18. The minimum Gasteiger partial charge on any atom is -0.495 e. The number of benzene rings is 1. The molecule has 1 aliphatic rings. The minimum atomic E-state index is -3.92. The Morgan fingerprint density at radius 3 is 2.43 bits per heavy atom. The van der Waals surface area contributed by atoms with Crippen LogP contribution in [0, 0.1) is 0 Å². The minimum absolute atomic E-state index is 0.0163. The van der Waals surface area contributed by atoms with Crippen LogP contribution in [0.3, 0.4) is 0 Å². The van der Waals surface area contributed by atoms with E-state index in [0.29, 0.717) is 4.31 Å². The monoisotopic (exact) mass is 362 g/mol. The lowest BCUT2D eigenvalue weighted by atomic mass is 10.3. The van der Waals surface area contributed by atoms with Crippen molar-refractivity contribution < 1.29 is 26.4 Å². The maximum Gasteiger partial charge on any atom is 0.244 e. The van der Waals surface area contributed by atoms with Gasteiger partial charge < -0.3 is 4.74 Å². The predicted molar refractivity (Wildman–Crippen MR) is 84.3 cm³/mol. The standard InChI is InChI=1S/C13H18N2O6S2/c1-9(2)14-23(19,20)12-8-10(4-5-11(12)21-3)15-13(16)6-7-22(15,17)18/h4-5,8-9,14H,6-7H2,1-3H3. The van der Waals surface area contributed by atoms with Crippen molar-refractivity contribution in [3.63, 3.8) is 0 Å².